The minimum atomic E-state index is -1.10. The molecule has 2 aromatic heterocycles. The normalized spacial score (nSPS) is 32.5. The second-order valence-corrected chi connectivity index (χ2v) is 9.12. The highest BCUT2D eigenvalue weighted by atomic mass is 16.4. The van der Waals surface area contributed by atoms with Crippen LogP contribution < -0.4 is 0 Å². The Morgan fingerprint density at radius 3 is 2.57 bits per heavy atom. The maximum absolute atomic E-state index is 12.4. The average molecular weight is 402 g/mol. The fraction of sp³-hybridized carbons (Fsp3) is 0.435. The van der Waals surface area contributed by atoms with E-state index in [9.17, 15) is 19.8 Å². The Bertz CT molecular complexity index is 1160. The van der Waals surface area contributed by atoms with Gasteiger partial charge in [0.2, 0.25) is 0 Å². The third kappa shape index (κ3) is 2.18. The summed E-state index contributed by atoms with van der Waals surface area (Å²) < 4.78 is 0. The quantitative estimate of drug-likeness (QED) is 0.737. The molecule has 7 heteroatoms. The van der Waals surface area contributed by atoms with E-state index in [0.717, 1.165) is 38.5 Å². The standard InChI is InChI=1S/C23H20N3O4/c27-20(28)14-5-8-24-18(16(14)22-6-1-3-12(22)9-22)17-15(21(29)30)19(26-11-25-17)23-7-2-4-13(23)10-23/h1,5-6,8,12-13H,2-4,7,9-10H2,(H,27,28)(H,29,30). The van der Waals surface area contributed by atoms with Crippen LogP contribution in [0.1, 0.15) is 70.5 Å². The van der Waals surface area contributed by atoms with Crippen molar-refractivity contribution < 1.29 is 19.8 Å². The number of aromatic carboxylic acids is 2. The number of nitrogens with zero attached hydrogens (tertiary/aromatic N) is 3. The van der Waals surface area contributed by atoms with E-state index in [2.05, 4.69) is 33.4 Å². The van der Waals surface area contributed by atoms with Crippen LogP contribution in [-0.4, -0.2) is 37.1 Å². The van der Waals surface area contributed by atoms with Gasteiger partial charge in [-0.15, -0.1) is 0 Å². The van der Waals surface area contributed by atoms with Crippen molar-refractivity contribution >= 4 is 11.9 Å². The molecule has 0 aromatic carbocycles. The number of carbonyl (C=O) groups is 2. The topological polar surface area (TPSA) is 113 Å². The summed E-state index contributed by atoms with van der Waals surface area (Å²) in [6.07, 6.45) is 14.0. The number of pyridine rings is 1. The molecule has 0 bridgehead atoms. The van der Waals surface area contributed by atoms with Gasteiger partial charge in [-0.05, 0) is 50.0 Å². The zero-order chi connectivity index (χ0) is 20.7. The molecular formula is C23H20N3O4. The summed E-state index contributed by atoms with van der Waals surface area (Å²) in [5.41, 5.74) is 1.28. The van der Waals surface area contributed by atoms with Crippen LogP contribution >= 0.6 is 0 Å². The van der Waals surface area contributed by atoms with Gasteiger partial charge in [0.25, 0.3) is 0 Å². The Morgan fingerprint density at radius 1 is 1.10 bits per heavy atom. The van der Waals surface area contributed by atoms with E-state index in [1.54, 1.807) is 0 Å². The van der Waals surface area contributed by atoms with Gasteiger partial charge >= 0.3 is 11.9 Å². The molecular weight excluding hydrogens is 382 g/mol. The number of allylic oxidation sites excluding steroid dienone is 2. The van der Waals surface area contributed by atoms with Crippen molar-refractivity contribution in [1.29, 1.82) is 0 Å². The molecule has 151 valence electrons. The summed E-state index contributed by atoms with van der Waals surface area (Å²) in [7, 11) is 0. The summed E-state index contributed by atoms with van der Waals surface area (Å²) in [6, 6.07) is 1.50. The van der Waals surface area contributed by atoms with E-state index in [-0.39, 0.29) is 22.2 Å². The number of carboxylic acids is 2. The minimum Gasteiger partial charge on any atom is -0.478 e. The van der Waals surface area contributed by atoms with E-state index >= 15 is 0 Å². The smallest absolute Gasteiger partial charge is 0.339 e. The molecule has 0 spiro atoms. The van der Waals surface area contributed by atoms with Crippen molar-refractivity contribution in [3.63, 3.8) is 0 Å². The van der Waals surface area contributed by atoms with E-state index in [1.165, 1.54) is 12.3 Å². The van der Waals surface area contributed by atoms with Gasteiger partial charge in [0.15, 0.2) is 6.33 Å². The number of aromatic nitrogens is 3. The molecule has 7 nitrogen and oxygen atoms in total. The summed E-state index contributed by atoms with van der Waals surface area (Å²) in [4.78, 5) is 37.5. The molecule has 0 saturated heterocycles. The van der Waals surface area contributed by atoms with E-state index in [0.29, 0.717) is 28.8 Å². The molecule has 2 N–H and O–H groups in total. The first-order valence-corrected chi connectivity index (χ1v) is 10.4. The summed E-state index contributed by atoms with van der Waals surface area (Å²) in [5, 5.41) is 20.0. The summed E-state index contributed by atoms with van der Waals surface area (Å²) >= 11 is 0. The van der Waals surface area contributed by atoms with Crippen molar-refractivity contribution in [3.8, 4) is 11.4 Å². The van der Waals surface area contributed by atoms with Crippen LogP contribution in [0, 0.1) is 18.2 Å². The van der Waals surface area contributed by atoms with Crippen LogP contribution in [0.3, 0.4) is 0 Å². The highest BCUT2D eigenvalue weighted by molar-refractivity contribution is 5.98. The average Bonchev–Trinajstić information content (AvgIpc) is 3.54. The fourth-order valence-corrected chi connectivity index (χ4v) is 6.19. The van der Waals surface area contributed by atoms with Crippen LogP contribution in [0.25, 0.3) is 11.4 Å². The first kappa shape index (κ1) is 17.7. The molecule has 2 aromatic rings. The van der Waals surface area contributed by atoms with Gasteiger partial charge in [0.1, 0.15) is 11.3 Å². The largest absolute Gasteiger partial charge is 0.478 e. The number of carboxylic acid groups (broad SMARTS) is 2. The lowest BCUT2D eigenvalue weighted by molar-refractivity contribution is 0.0684. The van der Waals surface area contributed by atoms with Gasteiger partial charge in [0, 0.05) is 22.6 Å². The van der Waals surface area contributed by atoms with Gasteiger partial charge in [-0.1, -0.05) is 18.6 Å². The second-order valence-electron chi connectivity index (χ2n) is 9.12. The minimum absolute atomic E-state index is 0.0602. The van der Waals surface area contributed by atoms with Gasteiger partial charge in [-0.3, -0.25) is 4.98 Å². The van der Waals surface area contributed by atoms with E-state index in [4.69, 9.17) is 0 Å². The maximum atomic E-state index is 12.4. The first-order valence-electron chi connectivity index (χ1n) is 10.4. The lowest BCUT2D eigenvalue weighted by Gasteiger charge is -2.20. The highest BCUT2D eigenvalue weighted by Crippen LogP contribution is 2.65. The van der Waals surface area contributed by atoms with Crippen LogP contribution in [0.5, 0.6) is 0 Å². The second kappa shape index (κ2) is 5.74. The van der Waals surface area contributed by atoms with Gasteiger partial charge in [-0.2, -0.15) is 0 Å². The van der Waals surface area contributed by atoms with E-state index < -0.39 is 17.4 Å². The third-order valence-corrected chi connectivity index (χ3v) is 7.75. The molecule has 3 fully saturated rings. The molecule has 0 aliphatic heterocycles. The zero-order valence-corrected chi connectivity index (χ0v) is 16.3. The number of hydrogen-bond donors (Lipinski definition) is 2. The zero-order valence-electron chi connectivity index (χ0n) is 16.3. The summed E-state index contributed by atoms with van der Waals surface area (Å²) in [5.74, 6) is -1.34. The van der Waals surface area contributed by atoms with Crippen LogP contribution in [-0.2, 0) is 10.8 Å². The monoisotopic (exact) mass is 402 g/mol. The van der Waals surface area contributed by atoms with Gasteiger partial charge < -0.3 is 10.2 Å². The predicted octanol–water partition coefficient (Wildman–Crippen LogP) is 3.39. The van der Waals surface area contributed by atoms with Crippen molar-refractivity contribution in [2.75, 3.05) is 0 Å². The summed E-state index contributed by atoms with van der Waals surface area (Å²) in [6.45, 7) is 0. The Balaban J connectivity index is 1.61. The van der Waals surface area contributed by atoms with Gasteiger partial charge in [0.05, 0.1) is 17.0 Å². The molecule has 1 radical (unpaired) electrons. The SMILES string of the molecule is O=C(O)c1ccnc(-c2n[c]nc(C34CCCC3C4)c2C(=O)O)c1C12C=CCC1C2. The Morgan fingerprint density at radius 2 is 1.97 bits per heavy atom. The third-order valence-electron chi connectivity index (χ3n) is 7.75. The lowest BCUT2D eigenvalue weighted by Crippen LogP contribution is -2.20. The van der Waals surface area contributed by atoms with Crippen LogP contribution in [0.4, 0.5) is 0 Å². The highest BCUT2D eigenvalue weighted by Gasteiger charge is 2.61. The maximum Gasteiger partial charge on any atom is 0.339 e. The van der Waals surface area contributed by atoms with Crippen molar-refractivity contribution in [2.45, 2.75) is 49.4 Å². The molecule has 0 amide bonds. The molecule has 4 aliphatic carbocycles. The number of hydrogen-bond acceptors (Lipinski definition) is 5. The number of fused-ring (bicyclic) bond motifs is 2. The van der Waals surface area contributed by atoms with Crippen molar-refractivity contribution in [2.24, 2.45) is 11.8 Å². The first-order chi connectivity index (χ1) is 14.5. The molecule has 6 rings (SSSR count). The molecule has 2 heterocycles. The van der Waals surface area contributed by atoms with Crippen molar-refractivity contribution in [3.05, 3.63) is 53.1 Å². The van der Waals surface area contributed by atoms with Crippen molar-refractivity contribution in [1.82, 2.24) is 15.0 Å². The number of rotatable bonds is 5. The van der Waals surface area contributed by atoms with E-state index in [1.807, 2.05) is 0 Å². The predicted molar refractivity (Wildman–Crippen MR) is 105 cm³/mol. The lowest BCUT2D eigenvalue weighted by atomic mass is 9.86. The van der Waals surface area contributed by atoms with Crippen LogP contribution in [0.2, 0.25) is 0 Å². The molecule has 3 saturated carbocycles. The molecule has 4 unspecified atom stereocenters. The molecule has 4 aliphatic rings. The molecule has 4 atom stereocenters. The Hall–Kier alpha value is -3.09. The Labute approximate surface area is 172 Å². The van der Waals surface area contributed by atoms with Gasteiger partial charge in [-0.25, -0.2) is 19.6 Å². The fourth-order valence-electron chi connectivity index (χ4n) is 6.19. The molecule has 30 heavy (non-hydrogen) atoms. The Kier molecular flexibility index (Phi) is 3.40. The van der Waals surface area contributed by atoms with Crippen LogP contribution in [0.15, 0.2) is 24.4 Å².